The molecule has 1 rings (SSSR count). The SMILES string of the molecule is CCN(CC1CCCO1)C(=O)C(N)CCS(C)(=O)=O. The van der Waals surface area contributed by atoms with Crippen molar-refractivity contribution < 1.29 is 17.9 Å². The molecule has 2 unspecified atom stereocenters. The van der Waals surface area contributed by atoms with Gasteiger partial charge < -0.3 is 15.4 Å². The molecule has 0 spiro atoms. The molecule has 0 aromatic carbocycles. The Hall–Kier alpha value is -0.660. The first-order valence-electron chi connectivity index (χ1n) is 6.67. The summed E-state index contributed by atoms with van der Waals surface area (Å²) in [7, 11) is -3.08. The average molecular weight is 292 g/mol. The van der Waals surface area contributed by atoms with Crippen LogP contribution in [0.2, 0.25) is 0 Å². The number of sulfone groups is 1. The van der Waals surface area contributed by atoms with Gasteiger partial charge in [0.2, 0.25) is 5.91 Å². The molecular weight excluding hydrogens is 268 g/mol. The van der Waals surface area contributed by atoms with E-state index in [1.165, 1.54) is 0 Å². The van der Waals surface area contributed by atoms with Crippen molar-refractivity contribution >= 4 is 15.7 Å². The molecule has 7 heteroatoms. The van der Waals surface area contributed by atoms with Crippen molar-refractivity contribution in [1.82, 2.24) is 4.90 Å². The zero-order valence-electron chi connectivity index (χ0n) is 11.7. The smallest absolute Gasteiger partial charge is 0.239 e. The van der Waals surface area contributed by atoms with E-state index in [2.05, 4.69) is 0 Å². The molecule has 1 amide bonds. The van der Waals surface area contributed by atoms with Crippen LogP contribution in [0.25, 0.3) is 0 Å². The second kappa shape index (κ2) is 7.21. The zero-order chi connectivity index (χ0) is 14.5. The molecular formula is C12H24N2O4S. The Kier molecular flexibility index (Phi) is 6.22. The van der Waals surface area contributed by atoms with Gasteiger partial charge in [-0.05, 0) is 26.2 Å². The lowest BCUT2D eigenvalue weighted by molar-refractivity contribution is -0.134. The van der Waals surface area contributed by atoms with Crippen molar-refractivity contribution in [2.24, 2.45) is 5.73 Å². The number of likely N-dealkylation sites (N-methyl/N-ethyl adjacent to an activating group) is 1. The molecule has 6 nitrogen and oxygen atoms in total. The molecule has 112 valence electrons. The van der Waals surface area contributed by atoms with E-state index >= 15 is 0 Å². The van der Waals surface area contributed by atoms with Gasteiger partial charge in [0, 0.05) is 26.0 Å². The summed E-state index contributed by atoms with van der Waals surface area (Å²) in [6.45, 7) is 3.74. The van der Waals surface area contributed by atoms with Gasteiger partial charge in [0.05, 0.1) is 17.9 Å². The van der Waals surface area contributed by atoms with Crippen molar-refractivity contribution in [3.05, 3.63) is 0 Å². The standard InChI is InChI=1S/C12H24N2O4S/c1-3-14(9-10-5-4-7-18-10)12(15)11(13)6-8-19(2,16)17/h10-11H,3-9,13H2,1-2H3. The highest BCUT2D eigenvalue weighted by Gasteiger charge is 2.25. The fourth-order valence-electron chi connectivity index (χ4n) is 2.11. The first kappa shape index (κ1) is 16.4. The zero-order valence-corrected chi connectivity index (χ0v) is 12.5. The van der Waals surface area contributed by atoms with Crippen LogP contribution < -0.4 is 5.73 Å². The second-order valence-electron chi connectivity index (χ2n) is 5.04. The Morgan fingerprint density at radius 2 is 2.21 bits per heavy atom. The Labute approximate surface area is 115 Å². The van der Waals surface area contributed by atoms with E-state index < -0.39 is 15.9 Å². The van der Waals surface area contributed by atoms with Crippen LogP contribution >= 0.6 is 0 Å². The maximum absolute atomic E-state index is 12.1. The predicted molar refractivity (Wildman–Crippen MR) is 73.5 cm³/mol. The maximum Gasteiger partial charge on any atom is 0.239 e. The van der Waals surface area contributed by atoms with E-state index in [0.717, 1.165) is 25.7 Å². The van der Waals surface area contributed by atoms with Crippen LogP contribution in [0.1, 0.15) is 26.2 Å². The average Bonchev–Trinajstić information content (AvgIpc) is 2.84. The normalized spacial score (nSPS) is 21.3. The largest absolute Gasteiger partial charge is 0.376 e. The molecule has 0 radical (unpaired) electrons. The van der Waals surface area contributed by atoms with Crippen molar-refractivity contribution in [2.45, 2.75) is 38.3 Å². The maximum atomic E-state index is 12.1. The van der Waals surface area contributed by atoms with E-state index in [-0.39, 0.29) is 24.2 Å². The van der Waals surface area contributed by atoms with E-state index in [0.29, 0.717) is 13.1 Å². The number of amides is 1. The minimum atomic E-state index is -3.08. The van der Waals surface area contributed by atoms with E-state index in [1.807, 2.05) is 6.92 Å². The monoisotopic (exact) mass is 292 g/mol. The second-order valence-corrected chi connectivity index (χ2v) is 7.30. The molecule has 0 aliphatic carbocycles. The Morgan fingerprint density at radius 3 is 2.68 bits per heavy atom. The van der Waals surface area contributed by atoms with Gasteiger partial charge in [-0.15, -0.1) is 0 Å². The number of carbonyl (C=O) groups is 1. The highest BCUT2D eigenvalue weighted by Crippen LogP contribution is 2.14. The minimum Gasteiger partial charge on any atom is -0.376 e. The van der Waals surface area contributed by atoms with Crippen LogP contribution in [0, 0.1) is 0 Å². The van der Waals surface area contributed by atoms with Crippen LogP contribution in [0.5, 0.6) is 0 Å². The first-order valence-corrected chi connectivity index (χ1v) is 8.73. The van der Waals surface area contributed by atoms with Gasteiger partial charge in [-0.25, -0.2) is 8.42 Å². The third-order valence-electron chi connectivity index (χ3n) is 3.26. The molecule has 2 N–H and O–H groups in total. The molecule has 1 aliphatic heterocycles. The number of hydrogen-bond acceptors (Lipinski definition) is 5. The topological polar surface area (TPSA) is 89.7 Å². The highest BCUT2D eigenvalue weighted by atomic mass is 32.2. The van der Waals surface area contributed by atoms with Gasteiger partial charge >= 0.3 is 0 Å². The number of hydrogen-bond donors (Lipinski definition) is 1. The van der Waals surface area contributed by atoms with E-state index in [4.69, 9.17) is 10.5 Å². The van der Waals surface area contributed by atoms with Crippen molar-refractivity contribution in [2.75, 3.05) is 31.7 Å². The minimum absolute atomic E-state index is 0.0581. The summed E-state index contributed by atoms with van der Waals surface area (Å²) in [6, 6.07) is -0.754. The van der Waals surface area contributed by atoms with Gasteiger partial charge in [0.25, 0.3) is 0 Å². The van der Waals surface area contributed by atoms with E-state index in [1.54, 1.807) is 4.90 Å². The first-order chi connectivity index (χ1) is 8.83. The lowest BCUT2D eigenvalue weighted by atomic mass is 10.2. The van der Waals surface area contributed by atoms with Crippen LogP contribution in [0.4, 0.5) is 0 Å². The van der Waals surface area contributed by atoms with Gasteiger partial charge in [-0.2, -0.15) is 0 Å². The molecule has 0 aromatic heterocycles. The van der Waals surface area contributed by atoms with Crippen molar-refractivity contribution in [3.63, 3.8) is 0 Å². The number of rotatable bonds is 7. The lowest BCUT2D eigenvalue weighted by Gasteiger charge is -2.26. The third-order valence-corrected chi connectivity index (χ3v) is 4.24. The predicted octanol–water partition coefficient (Wildman–Crippen LogP) is -0.224. The summed E-state index contributed by atoms with van der Waals surface area (Å²) in [5, 5.41) is 0. The van der Waals surface area contributed by atoms with E-state index in [9.17, 15) is 13.2 Å². The van der Waals surface area contributed by atoms with Crippen molar-refractivity contribution in [1.29, 1.82) is 0 Å². The highest BCUT2D eigenvalue weighted by molar-refractivity contribution is 7.90. The molecule has 1 saturated heterocycles. The van der Waals surface area contributed by atoms with Crippen LogP contribution in [0.15, 0.2) is 0 Å². The Balaban J connectivity index is 2.47. The summed E-state index contributed by atoms with van der Waals surface area (Å²) in [6.07, 6.45) is 3.39. The fraction of sp³-hybridized carbons (Fsp3) is 0.917. The summed E-state index contributed by atoms with van der Waals surface area (Å²) in [4.78, 5) is 13.8. The molecule has 1 aliphatic rings. The quantitative estimate of drug-likeness (QED) is 0.700. The third kappa shape index (κ3) is 5.88. The van der Waals surface area contributed by atoms with Gasteiger partial charge in [-0.1, -0.05) is 0 Å². The van der Waals surface area contributed by atoms with Crippen molar-refractivity contribution in [3.8, 4) is 0 Å². The molecule has 2 atom stereocenters. The molecule has 19 heavy (non-hydrogen) atoms. The molecule has 0 saturated carbocycles. The van der Waals surface area contributed by atoms with Crippen LogP contribution in [-0.2, 0) is 19.4 Å². The number of ether oxygens (including phenoxy) is 1. The molecule has 1 heterocycles. The van der Waals surface area contributed by atoms with Gasteiger partial charge in [-0.3, -0.25) is 4.79 Å². The van der Waals surface area contributed by atoms with Gasteiger partial charge in [0.15, 0.2) is 0 Å². The number of nitrogens with two attached hydrogens (primary N) is 1. The van der Waals surface area contributed by atoms with Gasteiger partial charge in [0.1, 0.15) is 9.84 Å². The molecule has 0 aromatic rings. The molecule has 0 bridgehead atoms. The lowest BCUT2D eigenvalue weighted by Crippen LogP contribution is -2.47. The van der Waals surface area contributed by atoms with Crippen LogP contribution in [0.3, 0.4) is 0 Å². The molecule has 1 fully saturated rings. The summed E-state index contributed by atoms with van der Waals surface area (Å²) in [5.41, 5.74) is 5.78. The Bertz CT molecular complexity index is 391. The Morgan fingerprint density at radius 1 is 1.53 bits per heavy atom. The summed E-state index contributed by atoms with van der Waals surface area (Å²) < 4.78 is 27.7. The number of nitrogens with zero attached hydrogens (tertiary/aromatic N) is 1. The van der Waals surface area contributed by atoms with Crippen LogP contribution in [-0.4, -0.2) is 63.1 Å². The summed E-state index contributed by atoms with van der Waals surface area (Å²) in [5.74, 6) is -0.251. The summed E-state index contributed by atoms with van der Waals surface area (Å²) >= 11 is 0. The number of carbonyl (C=O) groups excluding carboxylic acids is 1. The fourth-order valence-corrected chi connectivity index (χ4v) is 2.79.